The molecule has 2 aliphatic rings. The van der Waals surface area contributed by atoms with E-state index in [1.165, 1.54) is 19.1 Å². The molecular weight excluding hydrogens is 627 g/mol. The number of amides is 3. The van der Waals surface area contributed by atoms with Crippen molar-refractivity contribution in [1.29, 1.82) is 0 Å². The molecule has 10 nitrogen and oxygen atoms in total. The maximum absolute atomic E-state index is 13.8. The van der Waals surface area contributed by atoms with E-state index in [0.717, 1.165) is 6.07 Å². The van der Waals surface area contributed by atoms with Gasteiger partial charge in [0.1, 0.15) is 6.04 Å². The average Bonchev–Trinajstić information content (AvgIpc) is 3.09. The van der Waals surface area contributed by atoms with Gasteiger partial charge >= 0.3 is 6.09 Å². The summed E-state index contributed by atoms with van der Waals surface area (Å²) in [5.74, 6) is -7.10. The van der Waals surface area contributed by atoms with Gasteiger partial charge in [-0.1, -0.05) is 11.6 Å². The lowest BCUT2D eigenvalue weighted by Gasteiger charge is -2.42. The lowest BCUT2D eigenvalue weighted by atomic mass is 9.74. The van der Waals surface area contributed by atoms with Gasteiger partial charge in [-0.15, -0.1) is 0 Å². The van der Waals surface area contributed by atoms with Gasteiger partial charge < -0.3 is 25.8 Å². The predicted molar refractivity (Wildman–Crippen MR) is 154 cm³/mol. The number of rotatable bonds is 9. The standard InChI is InChI=1S/C29H33ClF3N3O7S/c1-14(2)43-28(39)35-15(3)26(37)34-13-29(40)17-5-6-18(29)10-20(9-17)44(41,42)24-8-16(4-7-21(24)30)27(38)36-19-11-22(31)25(33)23(32)12-19/h4,7-8,11-12,14-15,17-18,20,40H,5-6,9-10,13H2,1-3H3,(H,34,37)(H,35,39)(H,36,38)/t15-,17?,18?,20?,29?/m0/s1. The summed E-state index contributed by atoms with van der Waals surface area (Å²) in [6, 6.07) is 3.74. The number of ether oxygens (including phenoxy) is 1. The van der Waals surface area contributed by atoms with E-state index in [9.17, 15) is 41.1 Å². The Morgan fingerprint density at radius 1 is 1.05 bits per heavy atom. The highest BCUT2D eigenvalue weighted by molar-refractivity contribution is 7.92. The van der Waals surface area contributed by atoms with Crippen molar-refractivity contribution < 1.29 is 45.8 Å². The SMILES string of the molecule is CC(C)OC(=O)N[C@@H](C)C(=O)NCC1(O)C2CCC1CC(S(=O)(=O)c1cc(C(=O)Nc3cc(F)c(F)c(F)c3)ccc1Cl)C2. The number of hydrogen-bond donors (Lipinski definition) is 4. The number of fused-ring (bicyclic) bond motifs is 2. The minimum atomic E-state index is -4.13. The molecule has 0 radical (unpaired) electrons. The topological polar surface area (TPSA) is 151 Å². The maximum atomic E-state index is 13.8. The number of carbonyl (C=O) groups is 3. The third kappa shape index (κ3) is 6.97. The second-order valence-electron chi connectivity index (χ2n) is 11.5. The molecule has 4 rings (SSSR count). The minimum Gasteiger partial charge on any atom is -0.447 e. The number of sulfone groups is 1. The van der Waals surface area contributed by atoms with Crippen molar-refractivity contribution in [2.75, 3.05) is 11.9 Å². The maximum Gasteiger partial charge on any atom is 0.408 e. The summed E-state index contributed by atoms with van der Waals surface area (Å²) in [7, 11) is -4.13. The summed E-state index contributed by atoms with van der Waals surface area (Å²) in [6.45, 7) is 4.65. The summed E-state index contributed by atoms with van der Waals surface area (Å²) < 4.78 is 72.9. The first kappa shape index (κ1) is 33.5. The van der Waals surface area contributed by atoms with Crippen LogP contribution in [0, 0.1) is 29.3 Å². The van der Waals surface area contributed by atoms with E-state index in [0.29, 0.717) is 25.0 Å². The van der Waals surface area contributed by atoms with Crippen LogP contribution in [0.2, 0.25) is 5.02 Å². The Hall–Kier alpha value is -3.36. The van der Waals surface area contributed by atoms with Crippen molar-refractivity contribution in [3.05, 3.63) is 58.4 Å². The van der Waals surface area contributed by atoms with Gasteiger partial charge in [0, 0.05) is 29.9 Å². The van der Waals surface area contributed by atoms with E-state index in [2.05, 4.69) is 16.0 Å². The normalized spacial score (nSPS) is 23.6. The number of benzene rings is 2. The first-order valence-corrected chi connectivity index (χ1v) is 15.9. The fraction of sp³-hybridized carbons (Fsp3) is 0.483. The molecule has 0 spiro atoms. The molecule has 44 heavy (non-hydrogen) atoms. The van der Waals surface area contributed by atoms with Crippen LogP contribution in [0.3, 0.4) is 0 Å². The lowest BCUT2D eigenvalue weighted by Crippen LogP contribution is -2.56. The first-order valence-electron chi connectivity index (χ1n) is 14.0. The highest BCUT2D eigenvalue weighted by Crippen LogP contribution is 2.52. The second-order valence-corrected chi connectivity index (χ2v) is 14.1. The van der Waals surface area contributed by atoms with Gasteiger partial charge in [0.25, 0.3) is 5.91 Å². The summed E-state index contributed by atoms with van der Waals surface area (Å²) in [6.07, 6.45) is 0.0599. The molecule has 2 aromatic carbocycles. The minimum absolute atomic E-state index is 0.0700. The van der Waals surface area contributed by atoms with E-state index in [1.54, 1.807) is 13.8 Å². The van der Waals surface area contributed by atoms with Crippen LogP contribution in [0.5, 0.6) is 0 Å². The molecule has 0 aliphatic heterocycles. The quantitative estimate of drug-likeness (QED) is 0.293. The lowest BCUT2D eigenvalue weighted by molar-refractivity contribution is -0.125. The summed E-state index contributed by atoms with van der Waals surface area (Å²) in [4.78, 5) is 36.9. The molecule has 2 bridgehead atoms. The Morgan fingerprint density at radius 3 is 2.20 bits per heavy atom. The van der Waals surface area contributed by atoms with Gasteiger partial charge in [-0.05, 0) is 76.5 Å². The fourth-order valence-electron chi connectivity index (χ4n) is 5.90. The van der Waals surface area contributed by atoms with E-state index < -0.39 is 73.9 Å². The number of alkyl carbamates (subject to hydrolysis) is 1. The summed E-state index contributed by atoms with van der Waals surface area (Å²) in [5, 5.41) is 17.7. The highest BCUT2D eigenvalue weighted by atomic mass is 35.5. The first-order chi connectivity index (χ1) is 20.5. The van der Waals surface area contributed by atoms with Crippen molar-refractivity contribution >= 4 is 45.0 Å². The number of hydrogen-bond acceptors (Lipinski definition) is 7. The molecule has 0 heterocycles. The molecule has 2 saturated carbocycles. The monoisotopic (exact) mass is 659 g/mol. The average molecular weight is 660 g/mol. The van der Waals surface area contributed by atoms with Crippen LogP contribution in [-0.4, -0.2) is 61.0 Å². The Balaban J connectivity index is 1.45. The number of halogens is 4. The second kappa shape index (κ2) is 12.9. The molecule has 3 amide bonds. The third-order valence-electron chi connectivity index (χ3n) is 8.17. The van der Waals surface area contributed by atoms with Crippen LogP contribution in [0.15, 0.2) is 35.2 Å². The molecule has 3 atom stereocenters. The molecule has 0 aromatic heterocycles. The molecule has 2 fully saturated rings. The molecule has 2 unspecified atom stereocenters. The largest absolute Gasteiger partial charge is 0.447 e. The molecule has 2 aliphatic carbocycles. The smallest absolute Gasteiger partial charge is 0.408 e. The third-order valence-corrected chi connectivity index (χ3v) is 10.8. The number of nitrogens with one attached hydrogen (secondary N) is 3. The Bertz CT molecular complexity index is 1540. The van der Waals surface area contributed by atoms with Gasteiger partial charge in [-0.3, -0.25) is 9.59 Å². The van der Waals surface area contributed by atoms with Gasteiger partial charge in [0.15, 0.2) is 27.3 Å². The summed E-state index contributed by atoms with van der Waals surface area (Å²) >= 11 is 6.26. The summed E-state index contributed by atoms with van der Waals surface area (Å²) in [5.41, 5.74) is -1.91. The fourth-order valence-corrected chi connectivity index (χ4v) is 8.30. The number of carbonyl (C=O) groups excluding carboxylic acids is 3. The molecular formula is C29H33ClF3N3O7S. The Kier molecular flexibility index (Phi) is 9.86. The molecule has 0 saturated heterocycles. The van der Waals surface area contributed by atoms with Crippen LogP contribution in [0.25, 0.3) is 0 Å². The van der Waals surface area contributed by atoms with Crippen LogP contribution in [0.4, 0.5) is 23.7 Å². The van der Waals surface area contributed by atoms with Crippen LogP contribution in [0.1, 0.15) is 56.8 Å². The highest BCUT2D eigenvalue weighted by Gasteiger charge is 2.55. The van der Waals surface area contributed by atoms with Crippen molar-refractivity contribution in [2.24, 2.45) is 11.8 Å². The predicted octanol–water partition coefficient (Wildman–Crippen LogP) is 4.34. The zero-order valence-corrected chi connectivity index (χ0v) is 25.7. The van der Waals surface area contributed by atoms with Crippen molar-refractivity contribution in [2.45, 2.75) is 74.3 Å². The van der Waals surface area contributed by atoms with E-state index in [4.69, 9.17) is 16.3 Å². The van der Waals surface area contributed by atoms with E-state index in [-0.39, 0.29) is 46.7 Å². The van der Waals surface area contributed by atoms with Crippen molar-refractivity contribution in [1.82, 2.24) is 10.6 Å². The number of anilines is 1. The van der Waals surface area contributed by atoms with E-state index >= 15 is 0 Å². The van der Waals surface area contributed by atoms with Gasteiger partial charge in [0.2, 0.25) is 5.91 Å². The van der Waals surface area contributed by atoms with Crippen LogP contribution in [-0.2, 0) is 19.4 Å². The molecule has 240 valence electrons. The zero-order chi connectivity index (χ0) is 32.6. The van der Waals surface area contributed by atoms with Crippen molar-refractivity contribution in [3.8, 4) is 0 Å². The van der Waals surface area contributed by atoms with Crippen LogP contribution >= 0.6 is 11.6 Å². The van der Waals surface area contributed by atoms with Gasteiger partial charge in [-0.2, -0.15) is 0 Å². The molecule has 2 aromatic rings. The Labute approximate surface area is 257 Å². The molecule has 15 heteroatoms. The number of aliphatic hydroxyl groups is 1. The van der Waals surface area contributed by atoms with Crippen LogP contribution < -0.4 is 16.0 Å². The molecule has 4 N–H and O–H groups in total. The van der Waals surface area contributed by atoms with Gasteiger partial charge in [-0.25, -0.2) is 26.4 Å². The van der Waals surface area contributed by atoms with E-state index in [1.807, 2.05) is 0 Å². The van der Waals surface area contributed by atoms with Crippen molar-refractivity contribution in [3.63, 3.8) is 0 Å². The van der Waals surface area contributed by atoms with Gasteiger partial charge in [0.05, 0.1) is 26.9 Å². The Morgan fingerprint density at radius 2 is 1.64 bits per heavy atom. The zero-order valence-electron chi connectivity index (χ0n) is 24.1.